The quantitative estimate of drug-likeness (QED) is 0.372. The van der Waals surface area contributed by atoms with Crippen LogP contribution in [0.25, 0.3) is 0 Å². The minimum Gasteiger partial charge on any atom is -0.507 e. The van der Waals surface area contributed by atoms with Gasteiger partial charge in [-0.15, -0.1) is 0 Å². The van der Waals surface area contributed by atoms with E-state index in [2.05, 4.69) is 12.6 Å². The summed E-state index contributed by atoms with van der Waals surface area (Å²) in [5.74, 6) is 0.501. The zero-order chi connectivity index (χ0) is 15.8. The number of ether oxygens (including phenoxy) is 1. The molecule has 118 valence electrons. The Hall–Kier alpha value is -1.20. The summed E-state index contributed by atoms with van der Waals surface area (Å²) in [6, 6.07) is 3.34. The normalized spacial score (nSPS) is 12.2. The molecule has 1 aromatic rings. The molecule has 2 N–H and O–H groups in total. The Morgan fingerprint density at radius 1 is 1.43 bits per heavy atom. The van der Waals surface area contributed by atoms with Gasteiger partial charge >= 0.3 is 0 Å². The first kappa shape index (κ1) is 17.9. The molecule has 0 radical (unpaired) electrons. The largest absolute Gasteiger partial charge is 0.507 e. The molecule has 1 atom stereocenters. The summed E-state index contributed by atoms with van der Waals surface area (Å²) in [6.07, 6.45) is 3.05. The Labute approximate surface area is 131 Å². The van der Waals surface area contributed by atoms with Crippen molar-refractivity contribution >= 4 is 18.4 Å². The van der Waals surface area contributed by atoms with Crippen LogP contribution >= 0.6 is 12.6 Å². The van der Waals surface area contributed by atoms with Gasteiger partial charge in [0, 0.05) is 10.8 Å². The van der Waals surface area contributed by atoms with E-state index in [4.69, 9.17) is 9.84 Å². The number of benzene rings is 1. The average molecular weight is 312 g/mol. The molecule has 0 aliphatic heterocycles. The van der Waals surface area contributed by atoms with Gasteiger partial charge in [-0.05, 0) is 38.3 Å². The van der Waals surface area contributed by atoms with Crippen LogP contribution in [-0.2, 0) is 6.42 Å². The predicted molar refractivity (Wildman–Crippen MR) is 86.7 cm³/mol. The summed E-state index contributed by atoms with van der Waals surface area (Å²) in [7, 11) is 0. The molecule has 0 aliphatic carbocycles. The smallest absolute Gasteiger partial charge is 0.163 e. The molecule has 21 heavy (non-hydrogen) atoms. The molecule has 0 amide bonds. The van der Waals surface area contributed by atoms with Gasteiger partial charge in [-0.25, -0.2) is 0 Å². The summed E-state index contributed by atoms with van der Waals surface area (Å²) in [6.45, 7) is 3.99. The summed E-state index contributed by atoms with van der Waals surface area (Å²) < 4.78 is 5.71. The van der Waals surface area contributed by atoms with Crippen molar-refractivity contribution in [2.75, 3.05) is 13.2 Å². The number of aromatic hydroxyl groups is 1. The highest BCUT2D eigenvalue weighted by Crippen LogP contribution is 2.33. The van der Waals surface area contributed by atoms with E-state index in [1.54, 1.807) is 12.1 Å². The number of ketones is 1. The minimum atomic E-state index is -0.155. The van der Waals surface area contributed by atoms with Gasteiger partial charge in [-0.1, -0.05) is 13.3 Å². The molecule has 0 saturated heterocycles. The molecule has 0 aromatic heterocycles. The van der Waals surface area contributed by atoms with Crippen molar-refractivity contribution in [2.24, 2.45) is 0 Å². The Balaban J connectivity index is 2.77. The number of hydrogen-bond donors (Lipinski definition) is 3. The van der Waals surface area contributed by atoms with Crippen LogP contribution in [0.15, 0.2) is 12.1 Å². The minimum absolute atomic E-state index is 0.0304. The van der Waals surface area contributed by atoms with E-state index >= 15 is 0 Å². The lowest BCUT2D eigenvalue weighted by Gasteiger charge is -2.15. The Kier molecular flexibility index (Phi) is 7.61. The fourth-order valence-corrected chi connectivity index (χ4v) is 2.30. The number of Topliss-reactive ketones (excluding diaryl/α,β-unsaturated/α-hetero) is 1. The fraction of sp³-hybridized carbons (Fsp3) is 0.562. The molecular formula is C16H24O4S. The van der Waals surface area contributed by atoms with Gasteiger partial charge in [0.1, 0.15) is 11.5 Å². The number of aliphatic hydroxyl groups is 1. The van der Waals surface area contributed by atoms with Crippen LogP contribution in [0.2, 0.25) is 0 Å². The van der Waals surface area contributed by atoms with Crippen LogP contribution in [0.1, 0.15) is 49.0 Å². The van der Waals surface area contributed by atoms with Crippen molar-refractivity contribution in [1.29, 1.82) is 0 Å². The monoisotopic (exact) mass is 312 g/mol. The van der Waals surface area contributed by atoms with Crippen molar-refractivity contribution in [1.82, 2.24) is 0 Å². The Morgan fingerprint density at radius 3 is 2.71 bits per heavy atom. The van der Waals surface area contributed by atoms with Gasteiger partial charge in [0.05, 0.1) is 18.8 Å². The topological polar surface area (TPSA) is 66.8 Å². The highest BCUT2D eigenvalue weighted by atomic mass is 32.1. The summed E-state index contributed by atoms with van der Waals surface area (Å²) in [5, 5.41) is 19.1. The second-order valence-electron chi connectivity index (χ2n) is 5.07. The predicted octanol–water partition coefficient (Wildman–Crippen LogP) is 3.00. The van der Waals surface area contributed by atoms with E-state index in [1.807, 2.05) is 6.92 Å². The van der Waals surface area contributed by atoms with Crippen LogP contribution in [-0.4, -0.2) is 34.5 Å². The molecule has 0 spiro atoms. The van der Waals surface area contributed by atoms with Gasteiger partial charge in [0.25, 0.3) is 0 Å². The number of thiol groups is 1. The molecule has 0 saturated carbocycles. The molecule has 5 heteroatoms. The summed E-state index contributed by atoms with van der Waals surface area (Å²) >= 11 is 4.21. The number of rotatable bonds is 9. The number of hydrogen-bond acceptors (Lipinski definition) is 5. The third kappa shape index (κ3) is 5.25. The van der Waals surface area contributed by atoms with E-state index in [9.17, 15) is 9.90 Å². The number of phenolic OH excluding ortho intramolecular Hbond substituents is 1. The maximum Gasteiger partial charge on any atom is 0.163 e. The molecule has 0 aliphatic rings. The molecule has 1 rings (SSSR count). The third-order valence-corrected chi connectivity index (χ3v) is 3.69. The van der Waals surface area contributed by atoms with Gasteiger partial charge < -0.3 is 14.9 Å². The second kappa shape index (κ2) is 8.95. The van der Waals surface area contributed by atoms with Crippen LogP contribution in [0.5, 0.6) is 11.5 Å². The molecule has 0 fully saturated rings. The van der Waals surface area contributed by atoms with Crippen LogP contribution in [0.4, 0.5) is 0 Å². The lowest BCUT2D eigenvalue weighted by atomic mass is 10.0. The average Bonchev–Trinajstić information content (AvgIpc) is 2.46. The van der Waals surface area contributed by atoms with Crippen molar-refractivity contribution < 1.29 is 19.7 Å². The third-order valence-electron chi connectivity index (χ3n) is 3.27. The highest BCUT2D eigenvalue weighted by molar-refractivity contribution is 7.81. The molecule has 4 nitrogen and oxygen atoms in total. The second-order valence-corrected chi connectivity index (χ2v) is 5.80. The zero-order valence-corrected chi connectivity index (χ0v) is 13.5. The van der Waals surface area contributed by atoms with Gasteiger partial charge in [0.2, 0.25) is 0 Å². The SMILES string of the molecule is CCCc1c(OCCCC(S)CO)ccc(C(C)=O)c1O. The lowest BCUT2D eigenvalue weighted by Crippen LogP contribution is -2.08. The van der Waals surface area contributed by atoms with Crippen molar-refractivity contribution in [3.8, 4) is 11.5 Å². The van der Waals surface area contributed by atoms with E-state index in [0.29, 0.717) is 29.9 Å². The first-order valence-electron chi connectivity index (χ1n) is 7.28. The van der Waals surface area contributed by atoms with Crippen LogP contribution < -0.4 is 4.74 Å². The first-order chi connectivity index (χ1) is 10.0. The Bertz CT molecular complexity index is 474. The standard InChI is InChI=1S/C16H24O4S/c1-3-5-14-15(20-9-4-6-12(21)10-17)8-7-13(11(2)18)16(14)19/h7-8,12,17,19,21H,3-6,9-10H2,1-2H3. The zero-order valence-electron chi connectivity index (χ0n) is 12.6. The summed E-state index contributed by atoms with van der Waals surface area (Å²) in [5.41, 5.74) is 1.02. The van der Waals surface area contributed by atoms with Gasteiger partial charge in [-0.3, -0.25) is 4.79 Å². The van der Waals surface area contributed by atoms with Gasteiger partial charge in [-0.2, -0.15) is 12.6 Å². The maximum atomic E-state index is 11.5. The number of carbonyl (C=O) groups excluding carboxylic acids is 1. The van der Waals surface area contributed by atoms with Crippen molar-refractivity contribution in [3.05, 3.63) is 23.3 Å². The fourth-order valence-electron chi connectivity index (χ4n) is 2.12. The maximum absolute atomic E-state index is 11.5. The van der Waals surface area contributed by atoms with E-state index in [0.717, 1.165) is 19.3 Å². The van der Waals surface area contributed by atoms with E-state index in [1.165, 1.54) is 6.92 Å². The molecule has 0 heterocycles. The molecule has 1 unspecified atom stereocenters. The number of aliphatic hydroxyl groups excluding tert-OH is 1. The van der Waals surface area contributed by atoms with E-state index in [-0.39, 0.29) is 23.4 Å². The highest BCUT2D eigenvalue weighted by Gasteiger charge is 2.15. The number of carbonyl (C=O) groups is 1. The Morgan fingerprint density at radius 2 is 2.14 bits per heavy atom. The van der Waals surface area contributed by atoms with Crippen molar-refractivity contribution in [2.45, 2.75) is 44.8 Å². The molecule has 1 aromatic carbocycles. The first-order valence-corrected chi connectivity index (χ1v) is 7.80. The molecule has 0 bridgehead atoms. The van der Waals surface area contributed by atoms with Gasteiger partial charge in [0.15, 0.2) is 5.78 Å². The van der Waals surface area contributed by atoms with Crippen LogP contribution in [0, 0.1) is 0 Å². The van der Waals surface area contributed by atoms with Crippen LogP contribution in [0.3, 0.4) is 0 Å². The molecular weight excluding hydrogens is 288 g/mol. The summed E-state index contributed by atoms with van der Waals surface area (Å²) in [4.78, 5) is 11.5. The van der Waals surface area contributed by atoms with E-state index < -0.39 is 0 Å². The lowest BCUT2D eigenvalue weighted by molar-refractivity contribution is 0.101. The van der Waals surface area contributed by atoms with Crippen molar-refractivity contribution in [3.63, 3.8) is 0 Å². The number of phenols is 1.